The van der Waals surface area contributed by atoms with Crippen LogP contribution in [0.2, 0.25) is 0 Å². The lowest BCUT2D eigenvalue weighted by Crippen LogP contribution is -2.32. The van der Waals surface area contributed by atoms with Crippen LogP contribution in [0.3, 0.4) is 0 Å². The van der Waals surface area contributed by atoms with E-state index in [4.69, 9.17) is 0 Å². The SMILES string of the molecule is CN(C)CCC(NC(=O)C1CC1c1ccccc1)c1ccc(F)cc1. The van der Waals surface area contributed by atoms with Crippen molar-refractivity contribution in [3.63, 3.8) is 0 Å². The third-order valence-corrected chi connectivity index (χ3v) is 4.81. The Morgan fingerprint density at radius 1 is 1.16 bits per heavy atom. The van der Waals surface area contributed by atoms with Gasteiger partial charge in [0.2, 0.25) is 5.91 Å². The van der Waals surface area contributed by atoms with Crippen LogP contribution in [-0.4, -0.2) is 31.4 Å². The second kappa shape index (κ2) is 7.79. The molecule has 1 aliphatic rings. The Morgan fingerprint density at radius 3 is 2.48 bits per heavy atom. The summed E-state index contributed by atoms with van der Waals surface area (Å²) in [4.78, 5) is 14.8. The predicted molar refractivity (Wildman–Crippen MR) is 97.7 cm³/mol. The van der Waals surface area contributed by atoms with E-state index in [-0.39, 0.29) is 23.7 Å². The maximum atomic E-state index is 13.2. The standard InChI is InChI=1S/C21H25FN2O/c1-24(2)13-12-20(16-8-10-17(22)11-9-16)23-21(25)19-14-18(19)15-6-4-3-5-7-15/h3-11,18-20H,12-14H2,1-2H3,(H,23,25). The fraction of sp³-hybridized carbons (Fsp3) is 0.381. The minimum Gasteiger partial charge on any atom is -0.349 e. The van der Waals surface area contributed by atoms with Crippen LogP contribution >= 0.6 is 0 Å². The summed E-state index contributed by atoms with van der Waals surface area (Å²) in [6.07, 6.45) is 1.70. The number of nitrogens with zero attached hydrogens (tertiary/aromatic N) is 1. The van der Waals surface area contributed by atoms with Crippen molar-refractivity contribution >= 4 is 5.91 Å². The molecule has 1 saturated carbocycles. The molecule has 0 saturated heterocycles. The lowest BCUT2D eigenvalue weighted by atomic mass is 10.0. The summed E-state index contributed by atoms with van der Waals surface area (Å²) in [5.74, 6) is 0.211. The largest absolute Gasteiger partial charge is 0.349 e. The molecule has 0 aliphatic heterocycles. The number of amides is 1. The van der Waals surface area contributed by atoms with Crippen LogP contribution in [0.5, 0.6) is 0 Å². The highest BCUT2D eigenvalue weighted by Crippen LogP contribution is 2.47. The van der Waals surface area contributed by atoms with E-state index >= 15 is 0 Å². The molecule has 2 aromatic rings. The highest BCUT2D eigenvalue weighted by atomic mass is 19.1. The summed E-state index contributed by atoms with van der Waals surface area (Å²) < 4.78 is 13.2. The third kappa shape index (κ3) is 4.67. The summed E-state index contributed by atoms with van der Waals surface area (Å²) in [6, 6.07) is 16.5. The minimum atomic E-state index is -0.257. The molecule has 25 heavy (non-hydrogen) atoms. The molecule has 1 aliphatic carbocycles. The van der Waals surface area contributed by atoms with Crippen molar-refractivity contribution in [1.29, 1.82) is 0 Å². The van der Waals surface area contributed by atoms with E-state index in [0.717, 1.165) is 24.9 Å². The topological polar surface area (TPSA) is 32.3 Å². The Balaban J connectivity index is 1.65. The monoisotopic (exact) mass is 340 g/mol. The van der Waals surface area contributed by atoms with Gasteiger partial charge in [0.15, 0.2) is 0 Å². The van der Waals surface area contributed by atoms with Gasteiger partial charge in [-0.05, 0) is 62.7 Å². The van der Waals surface area contributed by atoms with E-state index in [1.54, 1.807) is 12.1 Å². The van der Waals surface area contributed by atoms with Crippen molar-refractivity contribution in [3.05, 3.63) is 71.5 Å². The lowest BCUT2D eigenvalue weighted by molar-refractivity contribution is -0.123. The number of carbonyl (C=O) groups is 1. The highest BCUT2D eigenvalue weighted by Gasteiger charge is 2.44. The lowest BCUT2D eigenvalue weighted by Gasteiger charge is -2.21. The average molecular weight is 340 g/mol. The Hall–Kier alpha value is -2.20. The molecule has 4 heteroatoms. The van der Waals surface area contributed by atoms with Gasteiger partial charge in [-0.3, -0.25) is 4.79 Å². The van der Waals surface area contributed by atoms with Gasteiger partial charge in [-0.15, -0.1) is 0 Å². The fourth-order valence-corrected chi connectivity index (χ4v) is 3.24. The normalized spacial score (nSPS) is 20.3. The number of nitrogens with one attached hydrogen (secondary N) is 1. The molecule has 0 radical (unpaired) electrons. The predicted octanol–water partition coefficient (Wildman–Crippen LogP) is 3.74. The zero-order valence-corrected chi connectivity index (χ0v) is 14.8. The van der Waals surface area contributed by atoms with Crippen LogP contribution in [0.1, 0.15) is 35.9 Å². The van der Waals surface area contributed by atoms with Crippen molar-refractivity contribution in [1.82, 2.24) is 10.2 Å². The molecule has 1 amide bonds. The van der Waals surface area contributed by atoms with Gasteiger partial charge in [0.25, 0.3) is 0 Å². The molecule has 2 aromatic carbocycles. The van der Waals surface area contributed by atoms with Gasteiger partial charge < -0.3 is 10.2 Å². The van der Waals surface area contributed by atoms with Gasteiger partial charge in [0.1, 0.15) is 5.82 Å². The first-order valence-electron chi connectivity index (χ1n) is 8.80. The van der Waals surface area contributed by atoms with Gasteiger partial charge in [-0.1, -0.05) is 42.5 Å². The molecule has 1 N–H and O–H groups in total. The average Bonchev–Trinajstić information content (AvgIpc) is 3.41. The molecule has 1 fully saturated rings. The molecule has 3 rings (SSSR count). The van der Waals surface area contributed by atoms with E-state index in [9.17, 15) is 9.18 Å². The number of halogens is 1. The Bertz CT molecular complexity index is 700. The van der Waals surface area contributed by atoms with Crippen molar-refractivity contribution in [2.24, 2.45) is 5.92 Å². The van der Waals surface area contributed by atoms with Gasteiger partial charge in [0, 0.05) is 5.92 Å². The first-order valence-corrected chi connectivity index (χ1v) is 8.80. The first kappa shape index (κ1) is 17.6. The van der Waals surface area contributed by atoms with Crippen LogP contribution in [-0.2, 0) is 4.79 Å². The molecule has 3 unspecified atom stereocenters. The van der Waals surface area contributed by atoms with Crippen molar-refractivity contribution in [2.75, 3.05) is 20.6 Å². The number of benzene rings is 2. The van der Waals surface area contributed by atoms with E-state index < -0.39 is 0 Å². The van der Waals surface area contributed by atoms with Gasteiger partial charge >= 0.3 is 0 Å². The van der Waals surface area contributed by atoms with Crippen LogP contribution in [0.4, 0.5) is 4.39 Å². The molecule has 3 atom stereocenters. The van der Waals surface area contributed by atoms with Gasteiger partial charge in [-0.25, -0.2) is 4.39 Å². The van der Waals surface area contributed by atoms with Crippen molar-refractivity contribution in [3.8, 4) is 0 Å². The van der Waals surface area contributed by atoms with E-state index in [1.165, 1.54) is 17.7 Å². The summed E-state index contributed by atoms with van der Waals surface area (Å²) in [5, 5.41) is 3.18. The fourth-order valence-electron chi connectivity index (χ4n) is 3.24. The van der Waals surface area contributed by atoms with Gasteiger partial charge in [0.05, 0.1) is 6.04 Å². The molecule has 0 aromatic heterocycles. The molecule has 3 nitrogen and oxygen atoms in total. The van der Waals surface area contributed by atoms with Crippen molar-refractivity contribution < 1.29 is 9.18 Å². The molecule has 0 heterocycles. The molecule has 0 spiro atoms. The maximum absolute atomic E-state index is 13.2. The van der Waals surface area contributed by atoms with Gasteiger partial charge in [-0.2, -0.15) is 0 Å². The minimum absolute atomic E-state index is 0.0460. The van der Waals surface area contributed by atoms with E-state index in [1.807, 2.05) is 32.3 Å². The zero-order chi connectivity index (χ0) is 17.8. The molecular formula is C21H25FN2O. The molecular weight excluding hydrogens is 315 g/mol. The van der Waals surface area contributed by atoms with E-state index in [0.29, 0.717) is 5.92 Å². The third-order valence-electron chi connectivity index (χ3n) is 4.81. The van der Waals surface area contributed by atoms with Crippen LogP contribution in [0.25, 0.3) is 0 Å². The van der Waals surface area contributed by atoms with Crippen molar-refractivity contribution in [2.45, 2.75) is 24.8 Å². The first-order chi connectivity index (χ1) is 12.0. The number of hydrogen-bond acceptors (Lipinski definition) is 2. The second-order valence-corrected chi connectivity index (χ2v) is 7.06. The van der Waals surface area contributed by atoms with Crippen LogP contribution in [0, 0.1) is 11.7 Å². The molecule has 132 valence electrons. The number of rotatable bonds is 7. The maximum Gasteiger partial charge on any atom is 0.224 e. The quantitative estimate of drug-likeness (QED) is 0.833. The zero-order valence-electron chi connectivity index (χ0n) is 14.8. The van der Waals surface area contributed by atoms with E-state index in [2.05, 4.69) is 22.3 Å². The summed E-state index contributed by atoms with van der Waals surface area (Å²) >= 11 is 0. The highest BCUT2D eigenvalue weighted by molar-refractivity contribution is 5.83. The summed E-state index contributed by atoms with van der Waals surface area (Å²) in [6.45, 7) is 0.856. The Kier molecular flexibility index (Phi) is 5.49. The van der Waals surface area contributed by atoms with Crippen LogP contribution in [0.15, 0.2) is 54.6 Å². The molecule has 0 bridgehead atoms. The number of hydrogen-bond donors (Lipinski definition) is 1. The Morgan fingerprint density at radius 2 is 1.84 bits per heavy atom. The Labute approximate surface area is 148 Å². The second-order valence-electron chi connectivity index (χ2n) is 7.06. The summed E-state index contributed by atoms with van der Waals surface area (Å²) in [7, 11) is 4.02. The van der Waals surface area contributed by atoms with Crippen LogP contribution < -0.4 is 5.32 Å². The smallest absolute Gasteiger partial charge is 0.224 e. The summed E-state index contributed by atoms with van der Waals surface area (Å²) in [5.41, 5.74) is 2.18. The number of carbonyl (C=O) groups excluding carboxylic acids is 1.